The number of hydrogen-bond donors (Lipinski definition) is 0. The first-order valence-electron chi connectivity index (χ1n) is 5.58. The zero-order chi connectivity index (χ0) is 12.3. The Morgan fingerprint density at radius 1 is 1.29 bits per heavy atom. The maximum absolute atomic E-state index is 13.7. The maximum atomic E-state index is 13.7. The van der Waals surface area contributed by atoms with Gasteiger partial charge in [-0.3, -0.25) is 0 Å². The van der Waals surface area contributed by atoms with Gasteiger partial charge in [-0.15, -0.1) is 0 Å². The van der Waals surface area contributed by atoms with Crippen LogP contribution < -0.4 is 9.30 Å². The van der Waals surface area contributed by atoms with Crippen molar-refractivity contribution in [1.29, 1.82) is 0 Å². The fraction of sp³-hybridized carbons (Fsp3) is 0.214. The van der Waals surface area contributed by atoms with Gasteiger partial charge in [-0.05, 0) is 24.6 Å². The summed E-state index contributed by atoms with van der Waals surface area (Å²) in [6.45, 7) is 2.53. The molecular formula is C14H15FNO+. The number of aryl methyl sites for hydroxylation is 1. The fourth-order valence-electron chi connectivity index (χ4n) is 1.71. The van der Waals surface area contributed by atoms with Crippen LogP contribution in [0.15, 0.2) is 42.7 Å². The summed E-state index contributed by atoms with van der Waals surface area (Å²) < 4.78 is 21.0. The molecule has 0 saturated heterocycles. The van der Waals surface area contributed by atoms with Crippen LogP contribution in [0.1, 0.15) is 6.92 Å². The van der Waals surface area contributed by atoms with Gasteiger partial charge in [-0.1, -0.05) is 12.1 Å². The molecule has 0 N–H and O–H groups in total. The molecule has 2 aromatic rings. The van der Waals surface area contributed by atoms with Crippen LogP contribution in [0.3, 0.4) is 0 Å². The molecular weight excluding hydrogens is 217 g/mol. The molecule has 3 heteroatoms. The van der Waals surface area contributed by atoms with Gasteiger partial charge in [0.2, 0.25) is 0 Å². The third-order valence-corrected chi connectivity index (χ3v) is 2.50. The normalized spacial score (nSPS) is 10.3. The Kier molecular flexibility index (Phi) is 3.38. The number of benzene rings is 1. The third kappa shape index (κ3) is 2.61. The monoisotopic (exact) mass is 232 g/mol. The van der Waals surface area contributed by atoms with Gasteiger partial charge in [-0.2, -0.15) is 0 Å². The van der Waals surface area contributed by atoms with E-state index in [1.165, 1.54) is 6.07 Å². The molecule has 0 aliphatic heterocycles. The van der Waals surface area contributed by atoms with Crippen LogP contribution in [-0.2, 0) is 7.05 Å². The lowest BCUT2D eigenvalue weighted by Crippen LogP contribution is -2.26. The van der Waals surface area contributed by atoms with Crippen LogP contribution in [0.4, 0.5) is 4.39 Å². The van der Waals surface area contributed by atoms with E-state index in [1.54, 1.807) is 12.4 Å². The SMILES string of the molecule is CCOc1cccc(-c2c[n+](C)ccc2F)c1. The predicted octanol–water partition coefficient (Wildman–Crippen LogP) is 2.72. The van der Waals surface area contributed by atoms with E-state index in [0.717, 1.165) is 11.3 Å². The fourth-order valence-corrected chi connectivity index (χ4v) is 1.71. The largest absolute Gasteiger partial charge is 0.494 e. The van der Waals surface area contributed by atoms with Gasteiger partial charge in [0, 0.05) is 6.07 Å². The first-order chi connectivity index (χ1) is 8.20. The predicted molar refractivity (Wildman–Crippen MR) is 64.2 cm³/mol. The molecule has 0 aliphatic rings. The zero-order valence-corrected chi connectivity index (χ0v) is 9.98. The average Bonchev–Trinajstić information content (AvgIpc) is 2.33. The van der Waals surface area contributed by atoms with Crippen LogP contribution in [0.2, 0.25) is 0 Å². The number of aromatic nitrogens is 1. The lowest BCUT2D eigenvalue weighted by Gasteiger charge is -2.06. The Morgan fingerprint density at radius 2 is 2.12 bits per heavy atom. The summed E-state index contributed by atoms with van der Waals surface area (Å²) in [5, 5.41) is 0. The van der Waals surface area contributed by atoms with Crippen LogP contribution in [-0.4, -0.2) is 6.61 Å². The number of hydrogen-bond acceptors (Lipinski definition) is 1. The molecule has 0 bridgehead atoms. The summed E-state index contributed by atoms with van der Waals surface area (Å²) in [5.74, 6) is 0.535. The second-order valence-electron chi connectivity index (χ2n) is 3.83. The molecule has 2 rings (SSSR count). The highest BCUT2D eigenvalue weighted by molar-refractivity contribution is 5.64. The van der Waals surface area contributed by atoms with E-state index in [0.29, 0.717) is 12.2 Å². The van der Waals surface area contributed by atoms with E-state index in [-0.39, 0.29) is 5.82 Å². The Hall–Kier alpha value is -1.90. The highest BCUT2D eigenvalue weighted by Gasteiger charge is 2.10. The summed E-state index contributed by atoms with van der Waals surface area (Å²) in [5.41, 5.74) is 1.40. The maximum Gasteiger partial charge on any atom is 0.179 e. The molecule has 0 radical (unpaired) electrons. The van der Waals surface area contributed by atoms with Gasteiger partial charge in [0.25, 0.3) is 0 Å². The van der Waals surface area contributed by atoms with Gasteiger partial charge in [-0.25, -0.2) is 8.96 Å². The van der Waals surface area contributed by atoms with Gasteiger partial charge in [0.05, 0.1) is 12.2 Å². The Balaban J connectivity index is 2.45. The number of ether oxygens (including phenoxy) is 1. The Labute approximate surface area is 100 Å². The minimum Gasteiger partial charge on any atom is -0.494 e. The quantitative estimate of drug-likeness (QED) is 0.742. The molecule has 0 fully saturated rings. The second-order valence-corrected chi connectivity index (χ2v) is 3.83. The summed E-state index contributed by atoms with van der Waals surface area (Å²) >= 11 is 0. The molecule has 0 atom stereocenters. The van der Waals surface area contributed by atoms with Gasteiger partial charge in [0.15, 0.2) is 12.4 Å². The molecule has 1 aromatic heterocycles. The summed E-state index contributed by atoms with van der Waals surface area (Å²) in [4.78, 5) is 0. The van der Waals surface area contributed by atoms with E-state index < -0.39 is 0 Å². The highest BCUT2D eigenvalue weighted by Crippen LogP contribution is 2.24. The van der Waals surface area contributed by atoms with E-state index >= 15 is 0 Å². The second kappa shape index (κ2) is 4.95. The van der Waals surface area contributed by atoms with Crippen molar-refractivity contribution in [2.75, 3.05) is 6.61 Å². The smallest absolute Gasteiger partial charge is 0.179 e. The summed E-state index contributed by atoms with van der Waals surface area (Å²) in [6.07, 6.45) is 3.45. The Morgan fingerprint density at radius 3 is 2.88 bits per heavy atom. The van der Waals surface area contributed by atoms with Crippen LogP contribution >= 0.6 is 0 Å². The van der Waals surface area contributed by atoms with Crippen molar-refractivity contribution in [3.05, 3.63) is 48.5 Å². The van der Waals surface area contributed by atoms with Crippen molar-refractivity contribution in [3.63, 3.8) is 0 Å². The average molecular weight is 232 g/mol. The summed E-state index contributed by atoms with van der Waals surface area (Å²) in [6, 6.07) is 8.92. The van der Waals surface area contributed by atoms with Crippen molar-refractivity contribution in [2.24, 2.45) is 7.05 Å². The first kappa shape index (κ1) is 11.6. The number of pyridine rings is 1. The molecule has 0 aliphatic carbocycles. The molecule has 0 spiro atoms. The first-order valence-corrected chi connectivity index (χ1v) is 5.58. The molecule has 0 unspecified atom stereocenters. The third-order valence-electron chi connectivity index (χ3n) is 2.50. The van der Waals surface area contributed by atoms with Crippen molar-refractivity contribution < 1.29 is 13.7 Å². The standard InChI is InChI=1S/C14H15FNO/c1-3-17-12-6-4-5-11(9-12)13-10-16(2)8-7-14(13)15/h4-10H,3H2,1-2H3/q+1. The van der Waals surface area contributed by atoms with Crippen LogP contribution in [0.25, 0.3) is 11.1 Å². The number of halogens is 1. The molecule has 2 nitrogen and oxygen atoms in total. The van der Waals surface area contributed by atoms with Crippen LogP contribution in [0, 0.1) is 5.82 Å². The molecule has 0 saturated carbocycles. The summed E-state index contributed by atoms with van der Waals surface area (Å²) in [7, 11) is 1.87. The number of rotatable bonds is 3. The molecule has 1 heterocycles. The lowest BCUT2D eigenvalue weighted by atomic mass is 10.1. The molecule has 0 amide bonds. The minimum atomic E-state index is -0.225. The molecule has 1 aromatic carbocycles. The zero-order valence-electron chi connectivity index (χ0n) is 9.98. The molecule has 17 heavy (non-hydrogen) atoms. The van der Waals surface area contributed by atoms with E-state index in [2.05, 4.69) is 0 Å². The Bertz CT molecular complexity index is 525. The molecule has 88 valence electrons. The minimum absolute atomic E-state index is 0.225. The van der Waals surface area contributed by atoms with Crippen molar-refractivity contribution >= 4 is 0 Å². The van der Waals surface area contributed by atoms with E-state index in [1.807, 2.05) is 42.8 Å². The van der Waals surface area contributed by atoms with E-state index in [4.69, 9.17) is 4.74 Å². The van der Waals surface area contributed by atoms with Crippen molar-refractivity contribution in [3.8, 4) is 16.9 Å². The van der Waals surface area contributed by atoms with E-state index in [9.17, 15) is 4.39 Å². The van der Waals surface area contributed by atoms with Gasteiger partial charge < -0.3 is 4.74 Å². The lowest BCUT2D eigenvalue weighted by molar-refractivity contribution is -0.671. The van der Waals surface area contributed by atoms with Crippen molar-refractivity contribution in [2.45, 2.75) is 6.92 Å². The van der Waals surface area contributed by atoms with Crippen LogP contribution in [0.5, 0.6) is 5.75 Å². The highest BCUT2D eigenvalue weighted by atomic mass is 19.1. The van der Waals surface area contributed by atoms with Gasteiger partial charge in [0.1, 0.15) is 18.6 Å². The van der Waals surface area contributed by atoms with Gasteiger partial charge >= 0.3 is 0 Å². The number of nitrogens with zero attached hydrogens (tertiary/aromatic N) is 1. The topological polar surface area (TPSA) is 13.1 Å². The van der Waals surface area contributed by atoms with Crippen molar-refractivity contribution in [1.82, 2.24) is 0 Å².